The molecule has 6 nitrogen and oxygen atoms in total. The molecular formula is C14H19N5OS2. The van der Waals surface area contributed by atoms with E-state index in [2.05, 4.69) is 27.6 Å². The predicted molar refractivity (Wildman–Crippen MR) is 91.2 cm³/mol. The summed E-state index contributed by atoms with van der Waals surface area (Å²) >= 11 is 3.08. The van der Waals surface area contributed by atoms with Gasteiger partial charge in [-0.05, 0) is 12.5 Å². The van der Waals surface area contributed by atoms with Gasteiger partial charge in [-0.3, -0.25) is 4.79 Å². The normalized spacial score (nSPS) is 10.6. The highest BCUT2D eigenvalue weighted by atomic mass is 32.2. The van der Waals surface area contributed by atoms with Crippen molar-refractivity contribution in [3.05, 3.63) is 41.7 Å². The van der Waals surface area contributed by atoms with Crippen molar-refractivity contribution in [1.29, 1.82) is 0 Å². The van der Waals surface area contributed by atoms with Gasteiger partial charge in [0, 0.05) is 18.1 Å². The van der Waals surface area contributed by atoms with Gasteiger partial charge in [0.1, 0.15) is 5.82 Å². The lowest BCUT2D eigenvalue weighted by atomic mass is 10.2. The minimum absolute atomic E-state index is 0.0223. The van der Waals surface area contributed by atoms with E-state index in [1.807, 2.05) is 18.2 Å². The third-order valence-corrected chi connectivity index (χ3v) is 4.82. The van der Waals surface area contributed by atoms with Crippen LogP contribution in [0.3, 0.4) is 0 Å². The number of thioether (sulfide) groups is 2. The lowest BCUT2D eigenvalue weighted by Crippen LogP contribution is -2.27. The Bertz CT molecular complexity index is 603. The largest absolute Gasteiger partial charge is 0.355 e. The van der Waals surface area contributed by atoms with Crippen molar-refractivity contribution in [3.8, 4) is 0 Å². The second-order valence-electron chi connectivity index (χ2n) is 4.58. The number of nitrogen functional groups attached to an aromatic ring is 1. The van der Waals surface area contributed by atoms with E-state index in [9.17, 15) is 4.79 Å². The smallest absolute Gasteiger partial charge is 0.230 e. The molecule has 0 radical (unpaired) electrons. The van der Waals surface area contributed by atoms with Crippen molar-refractivity contribution < 1.29 is 4.79 Å². The van der Waals surface area contributed by atoms with Crippen molar-refractivity contribution in [2.45, 2.75) is 17.8 Å². The fourth-order valence-electron chi connectivity index (χ4n) is 1.66. The number of hydrogen-bond donors (Lipinski definition) is 2. The molecule has 3 N–H and O–H groups in total. The van der Waals surface area contributed by atoms with Crippen LogP contribution < -0.4 is 11.2 Å². The summed E-state index contributed by atoms with van der Waals surface area (Å²) in [7, 11) is 0. The molecule has 8 heteroatoms. The monoisotopic (exact) mass is 337 g/mol. The highest BCUT2D eigenvalue weighted by molar-refractivity contribution is 7.99. The average Bonchev–Trinajstić information content (AvgIpc) is 2.85. The molecule has 1 aromatic heterocycles. The summed E-state index contributed by atoms with van der Waals surface area (Å²) in [6.07, 6.45) is 0. The molecule has 1 heterocycles. The Kier molecular flexibility index (Phi) is 6.60. The third-order valence-electron chi connectivity index (χ3n) is 2.85. The Labute approximate surface area is 138 Å². The summed E-state index contributed by atoms with van der Waals surface area (Å²) in [5.74, 6) is 8.46. The lowest BCUT2D eigenvalue weighted by Gasteiger charge is -2.05. The number of carbonyl (C=O) groups excluding carboxylic acids is 1. The third kappa shape index (κ3) is 5.27. The van der Waals surface area contributed by atoms with Gasteiger partial charge in [-0.15, -0.1) is 10.2 Å². The standard InChI is InChI=1S/C14H19N5OS2/c1-11-17-18-14(19(11)15)22-10-13(20)16-7-8-21-9-12-5-3-2-4-6-12/h2-6H,7-10,15H2,1H3,(H,16,20). The van der Waals surface area contributed by atoms with Gasteiger partial charge in [-0.1, -0.05) is 42.1 Å². The zero-order chi connectivity index (χ0) is 15.8. The zero-order valence-electron chi connectivity index (χ0n) is 12.4. The SMILES string of the molecule is Cc1nnc(SCC(=O)NCCSCc2ccccc2)n1N. The summed E-state index contributed by atoms with van der Waals surface area (Å²) in [4.78, 5) is 11.7. The van der Waals surface area contributed by atoms with Crippen molar-refractivity contribution in [3.63, 3.8) is 0 Å². The zero-order valence-corrected chi connectivity index (χ0v) is 14.0. The molecule has 1 amide bonds. The fourth-order valence-corrected chi connectivity index (χ4v) is 3.21. The van der Waals surface area contributed by atoms with Gasteiger partial charge in [0.05, 0.1) is 5.75 Å². The molecule has 0 aliphatic rings. The van der Waals surface area contributed by atoms with Crippen LogP contribution in [0.15, 0.2) is 35.5 Å². The number of benzene rings is 1. The summed E-state index contributed by atoms with van der Waals surface area (Å²) in [6.45, 7) is 2.42. The number of nitrogens with one attached hydrogen (secondary N) is 1. The minimum atomic E-state index is -0.0223. The van der Waals surface area contributed by atoms with E-state index in [1.165, 1.54) is 22.0 Å². The summed E-state index contributed by atoms with van der Waals surface area (Å²) in [6, 6.07) is 10.3. The molecule has 0 aliphatic carbocycles. The average molecular weight is 337 g/mol. The van der Waals surface area contributed by atoms with Crippen LogP contribution in [0.2, 0.25) is 0 Å². The fraction of sp³-hybridized carbons (Fsp3) is 0.357. The quantitative estimate of drug-likeness (QED) is 0.431. The number of aromatic nitrogens is 3. The second-order valence-corrected chi connectivity index (χ2v) is 6.62. The number of nitrogens with zero attached hydrogens (tertiary/aromatic N) is 3. The molecule has 0 saturated carbocycles. The number of amides is 1. The van der Waals surface area contributed by atoms with Crippen LogP contribution in [-0.2, 0) is 10.5 Å². The van der Waals surface area contributed by atoms with E-state index in [4.69, 9.17) is 5.84 Å². The maximum Gasteiger partial charge on any atom is 0.230 e. The van der Waals surface area contributed by atoms with Gasteiger partial charge in [-0.25, -0.2) is 4.68 Å². The Morgan fingerprint density at radius 3 is 2.77 bits per heavy atom. The van der Waals surface area contributed by atoms with Crippen LogP contribution in [0.1, 0.15) is 11.4 Å². The van der Waals surface area contributed by atoms with Crippen LogP contribution in [0, 0.1) is 6.92 Å². The molecule has 22 heavy (non-hydrogen) atoms. The highest BCUT2D eigenvalue weighted by Gasteiger charge is 2.09. The topological polar surface area (TPSA) is 85.8 Å². The summed E-state index contributed by atoms with van der Waals surface area (Å²) in [5.41, 5.74) is 1.30. The Morgan fingerprint density at radius 2 is 2.09 bits per heavy atom. The molecule has 0 saturated heterocycles. The first-order chi connectivity index (χ1) is 10.7. The maximum atomic E-state index is 11.7. The first-order valence-electron chi connectivity index (χ1n) is 6.85. The number of rotatable bonds is 8. The Morgan fingerprint density at radius 1 is 1.32 bits per heavy atom. The predicted octanol–water partition coefficient (Wildman–Crippen LogP) is 1.44. The van der Waals surface area contributed by atoms with Crippen LogP contribution in [0.5, 0.6) is 0 Å². The van der Waals surface area contributed by atoms with Crippen LogP contribution in [-0.4, -0.2) is 38.8 Å². The van der Waals surface area contributed by atoms with Crippen LogP contribution in [0.25, 0.3) is 0 Å². The van der Waals surface area contributed by atoms with Crippen LogP contribution >= 0.6 is 23.5 Å². The Hall–Kier alpha value is -1.67. The molecule has 2 aromatic rings. The highest BCUT2D eigenvalue weighted by Crippen LogP contribution is 2.13. The van der Waals surface area contributed by atoms with Gasteiger partial charge in [-0.2, -0.15) is 11.8 Å². The van der Waals surface area contributed by atoms with E-state index < -0.39 is 0 Å². The van der Waals surface area contributed by atoms with E-state index in [-0.39, 0.29) is 5.91 Å². The first kappa shape index (κ1) is 16.7. The van der Waals surface area contributed by atoms with Crippen molar-refractivity contribution >= 4 is 29.4 Å². The minimum Gasteiger partial charge on any atom is -0.355 e. The molecule has 118 valence electrons. The molecule has 0 aliphatic heterocycles. The van der Waals surface area contributed by atoms with E-state index in [0.29, 0.717) is 23.3 Å². The van der Waals surface area contributed by atoms with Gasteiger partial charge >= 0.3 is 0 Å². The summed E-state index contributed by atoms with van der Waals surface area (Å²) < 4.78 is 1.38. The molecule has 0 atom stereocenters. The molecule has 2 rings (SSSR count). The summed E-state index contributed by atoms with van der Waals surface area (Å²) in [5, 5.41) is 11.2. The molecule has 1 aromatic carbocycles. The number of carbonyl (C=O) groups is 1. The van der Waals surface area contributed by atoms with Gasteiger partial charge in [0.15, 0.2) is 0 Å². The van der Waals surface area contributed by atoms with E-state index in [0.717, 1.165) is 11.5 Å². The number of aryl methyl sites for hydroxylation is 1. The molecule has 0 spiro atoms. The maximum absolute atomic E-state index is 11.7. The molecule has 0 fully saturated rings. The second kappa shape index (κ2) is 8.70. The molecule has 0 bridgehead atoms. The van der Waals surface area contributed by atoms with Gasteiger partial charge in [0.2, 0.25) is 11.1 Å². The van der Waals surface area contributed by atoms with Crippen LogP contribution in [0.4, 0.5) is 0 Å². The number of hydrogen-bond acceptors (Lipinski definition) is 6. The molecule has 0 unspecified atom stereocenters. The van der Waals surface area contributed by atoms with Gasteiger partial charge in [0.25, 0.3) is 0 Å². The lowest BCUT2D eigenvalue weighted by molar-refractivity contribution is -0.118. The van der Waals surface area contributed by atoms with Crippen molar-refractivity contribution in [1.82, 2.24) is 20.2 Å². The Balaban J connectivity index is 1.57. The molecular weight excluding hydrogens is 318 g/mol. The van der Waals surface area contributed by atoms with Crippen molar-refractivity contribution in [2.75, 3.05) is 23.9 Å². The van der Waals surface area contributed by atoms with Gasteiger partial charge < -0.3 is 11.2 Å². The first-order valence-corrected chi connectivity index (χ1v) is 8.99. The van der Waals surface area contributed by atoms with Crippen molar-refractivity contribution in [2.24, 2.45) is 0 Å². The number of nitrogens with two attached hydrogens (primary N) is 1. The van der Waals surface area contributed by atoms with E-state index >= 15 is 0 Å². The van der Waals surface area contributed by atoms with E-state index in [1.54, 1.807) is 18.7 Å².